The number of benzene rings is 1. The zero-order chi connectivity index (χ0) is 7.11. The van der Waals surface area contributed by atoms with Crippen molar-refractivity contribution in [1.82, 2.24) is 0 Å². The maximum absolute atomic E-state index is 5.36. The van der Waals surface area contributed by atoms with Gasteiger partial charge in [0.05, 0.1) is 0 Å². The van der Waals surface area contributed by atoms with Crippen molar-refractivity contribution in [2.24, 2.45) is 5.64 Å². The maximum atomic E-state index is 5.36. The fourth-order valence-corrected chi connectivity index (χ4v) is 0.453. The third-order valence-electron chi connectivity index (χ3n) is 0.800. The fraction of sp³-hybridized carbons (Fsp3) is 0. The highest BCUT2D eigenvalue weighted by molar-refractivity contribution is 6.02. The van der Waals surface area contributed by atoms with Gasteiger partial charge in [0.1, 0.15) is 0 Å². The van der Waals surface area contributed by atoms with Crippen LogP contribution in [0.2, 0.25) is 0 Å². The van der Waals surface area contributed by atoms with Crippen molar-refractivity contribution in [3.63, 3.8) is 0 Å². The standard InChI is InChI=1S/C6H7N.BH2N/c7-6-4-2-1-3-5-6;1-2/h1-5H,7H2;2H2. The molecule has 1 aromatic carbocycles. The SMILES string of the molecule is Nc1ccccc1.[B]N. The molecule has 0 bridgehead atoms. The van der Waals surface area contributed by atoms with Gasteiger partial charge in [-0.2, -0.15) is 0 Å². The van der Waals surface area contributed by atoms with E-state index in [-0.39, 0.29) is 0 Å². The molecule has 0 aliphatic rings. The third kappa shape index (κ3) is 3.61. The fourth-order valence-electron chi connectivity index (χ4n) is 0.453. The number of hydrogen-bond acceptors (Lipinski definition) is 2. The summed E-state index contributed by atoms with van der Waals surface area (Å²) in [6.07, 6.45) is 0. The predicted octanol–water partition coefficient (Wildman–Crippen LogP) is 0.297. The molecule has 2 nitrogen and oxygen atoms in total. The van der Waals surface area contributed by atoms with Crippen LogP contribution in [0.4, 0.5) is 5.69 Å². The summed E-state index contributed by atoms with van der Waals surface area (Å²) in [6.45, 7) is 0. The van der Waals surface area contributed by atoms with Crippen LogP contribution in [0.1, 0.15) is 0 Å². The molecule has 0 heterocycles. The molecule has 0 saturated carbocycles. The molecule has 1 aromatic rings. The van der Waals surface area contributed by atoms with Gasteiger partial charge in [-0.1, -0.05) is 18.2 Å². The molecule has 46 valence electrons. The van der Waals surface area contributed by atoms with E-state index in [1.165, 1.54) is 0 Å². The van der Waals surface area contributed by atoms with Crippen molar-refractivity contribution in [2.45, 2.75) is 0 Å². The van der Waals surface area contributed by atoms with Gasteiger partial charge in [0.15, 0.2) is 7.98 Å². The lowest BCUT2D eigenvalue weighted by Gasteiger charge is -1.83. The van der Waals surface area contributed by atoms with Crippen LogP contribution >= 0.6 is 0 Å². The Labute approximate surface area is 56.3 Å². The van der Waals surface area contributed by atoms with Crippen LogP contribution in [-0.2, 0) is 0 Å². The maximum Gasteiger partial charge on any atom is 0.174 e. The first kappa shape index (κ1) is 8.04. The van der Waals surface area contributed by atoms with Crippen LogP contribution in [0.25, 0.3) is 0 Å². The first-order valence-electron chi connectivity index (χ1n) is 2.53. The highest BCUT2D eigenvalue weighted by Crippen LogP contribution is 1.95. The van der Waals surface area contributed by atoms with E-state index in [2.05, 4.69) is 13.6 Å². The Hall–Kier alpha value is -0.955. The second-order valence-corrected chi connectivity index (χ2v) is 1.41. The normalized spacial score (nSPS) is 7.22. The summed E-state index contributed by atoms with van der Waals surface area (Å²) in [5.74, 6) is 0. The summed E-state index contributed by atoms with van der Waals surface area (Å²) in [7, 11) is 4.00. The monoisotopic (exact) mass is 120 g/mol. The summed E-state index contributed by atoms with van der Waals surface area (Å²) in [4.78, 5) is 0. The van der Waals surface area contributed by atoms with E-state index in [1.807, 2.05) is 30.3 Å². The first-order chi connectivity index (χ1) is 4.39. The van der Waals surface area contributed by atoms with Gasteiger partial charge < -0.3 is 11.4 Å². The number of nitrogens with two attached hydrogens (primary N) is 2. The number of nitrogen functional groups attached to an aromatic ring is 1. The smallest absolute Gasteiger partial charge is 0.174 e. The zero-order valence-electron chi connectivity index (χ0n) is 5.12. The molecule has 0 spiro atoms. The van der Waals surface area contributed by atoms with E-state index in [1.54, 1.807) is 0 Å². The Morgan fingerprint density at radius 1 is 1.00 bits per heavy atom. The Bertz CT molecular complexity index is 141. The summed E-state index contributed by atoms with van der Waals surface area (Å²) >= 11 is 0. The highest BCUT2D eigenvalue weighted by Gasteiger charge is 1.72. The third-order valence-corrected chi connectivity index (χ3v) is 0.800. The number of para-hydroxylation sites is 1. The average molecular weight is 120 g/mol. The second-order valence-electron chi connectivity index (χ2n) is 1.41. The summed E-state index contributed by atoms with van der Waals surface area (Å²) in [5, 5.41) is 0. The minimum Gasteiger partial charge on any atom is -0.399 e. The Kier molecular flexibility index (Phi) is 4.64. The van der Waals surface area contributed by atoms with Gasteiger partial charge in [-0.05, 0) is 12.1 Å². The number of anilines is 1. The van der Waals surface area contributed by atoms with E-state index < -0.39 is 0 Å². The molecule has 0 aromatic heterocycles. The zero-order valence-corrected chi connectivity index (χ0v) is 5.12. The molecule has 3 heteroatoms. The lowest BCUT2D eigenvalue weighted by molar-refractivity contribution is 1.69. The quantitative estimate of drug-likeness (QED) is 0.382. The van der Waals surface area contributed by atoms with Gasteiger partial charge in [-0.15, -0.1) is 0 Å². The van der Waals surface area contributed by atoms with E-state index >= 15 is 0 Å². The molecule has 0 amide bonds. The molecule has 0 aliphatic heterocycles. The van der Waals surface area contributed by atoms with Crippen molar-refractivity contribution in [3.8, 4) is 0 Å². The van der Waals surface area contributed by atoms with E-state index in [4.69, 9.17) is 5.73 Å². The predicted molar refractivity (Wildman–Crippen MR) is 40.8 cm³/mol. The van der Waals surface area contributed by atoms with E-state index in [0.29, 0.717) is 0 Å². The Morgan fingerprint density at radius 3 is 1.67 bits per heavy atom. The van der Waals surface area contributed by atoms with Gasteiger partial charge in [0, 0.05) is 5.69 Å². The van der Waals surface area contributed by atoms with Gasteiger partial charge >= 0.3 is 0 Å². The molecule has 0 fully saturated rings. The van der Waals surface area contributed by atoms with Gasteiger partial charge in [-0.25, -0.2) is 0 Å². The highest BCUT2D eigenvalue weighted by atomic mass is 14.5. The number of rotatable bonds is 0. The van der Waals surface area contributed by atoms with Gasteiger partial charge in [-0.3, -0.25) is 0 Å². The molecule has 0 aliphatic carbocycles. The largest absolute Gasteiger partial charge is 0.399 e. The second kappa shape index (κ2) is 5.19. The van der Waals surface area contributed by atoms with Crippen molar-refractivity contribution in [3.05, 3.63) is 30.3 Å². The molecule has 0 saturated heterocycles. The van der Waals surface area contributed by atoms with Crippen LogP contribution in [-0.4, -0.2) is 7.98 Å². The molecule has 0 atom stereocenters. The van der Waals surface area contributed by atoms with Gasteiger partial charge in [0.2, 0.25) is 0 Å². The molecule has 4 N–H and O–H groups in total. The topological polar surface area (TPSA) is 52.0 Å². The summed E-state index contributed by atoms with van der Waals surface area (Å²) < 4.78 is 0. The average Bonchev–Trinajstić information content (AvgIpc) is 1.94. The van der Waals surface area contributed by atoms with Crippen molar-refractivity contribution < 1.29 is 0 Å². The lowest BCUT2D eigenvalue weighted by Crippen LogP contribution is -1.79. The molecule has 0 unspecified atom stereocenters. The van der Waals surface area contributed by atoms with Gasteiger partial charge in [0.25, 0.3) is 0 Å². The van der Waals surface area contributed by atoms with E-state index in [0.717, 1.165) is 5.69 Å². The Morgan fingerprint density at radius 2 is 1.44 bits per heavy atom. The molecular weight excluding hydrogens is 111 g/mol. The molecular formula is C6H9BN2. The van der Waals surface area contributed by atoms with Crippen molar-refractivity contribution in [2.75, 3.05) is 5.73 Å². The lowest BCUT2D eigenvalue weighted by atomic mass is 10.3. The number of hydrogen-bond donors (Lipinski definition) is 2. The first-order valence-corrected chi connectivity index (χ1v) is 2.53. The van der Waals surface area contributed by atoms with Crippen molar-refractivity contribution >= 4 is 13.7 Å². The summed E-state index contributed by atoms with van der Waals surface area (Å²) in [6, 6.07) is 9.49. The van der Waals surface area contributed by atoms with Crippen LogP contribution in [0, 0.1) is 0 Å². The van der Waals surface area contributed by atoms with Crippen LogP contribution < -0.4 is 11.4 Å². The van der Waals surface area contributed by atoms with E-state index in [9.17, 15) is 0 Å². The Balaban J connectivity index is 0.000000291. The minimum atomic E-state index is 0.822. The van der Waals surface area contributed by atoms with Crippen LogP contribution in [0.3, 0.4) is 0 Å². The molecule has 2 radical (unpaired) electrons. The van der Waals surface area contributed by atoms with Crippen LogP contribution in [0.15, 0.2) is 30.3 Å². The van der Waals surface area contributed by atoms with Crippen LogP contribution in [0.5, 0.6) is 0 Å². The summed E-state index contributed by atoms with van der Waals surface area (Å²) in [5.41, 5.74) is 10.2. The molecule has 9 heavy (non-hydrogen) atoms. The van der Waals surface area contributed by atoms with Crippen molar-refractivity contribution in [1.29, 1.82) is 0 Å². The minimum absolute atomic E-state index is 0.822. The molecule has 1 rings (SSSR count).